The molecular weight excluding hydrogens is 429 g/mol. The Morgan fingerprint density at radius 2 is 1.79 bits per heavy atom. The zero-order valence-corrected chi connectivity index (χ0v) is 20.0. The Balaban J connectivity index is 1.31. The summed E-state index contributed by atoms with van der Waals surface area (Å²) in [7, 11) is 0. The fourth-order valence-electron chi connectivity index (χ4n) is 8.83. The van der Waals surface area contributed by atoms with E-state index in [1.165, 1.54) is 12.6 Å². The van der Waals surface area contributed by atoms with Crippen molar-refractivity contribution in [3.8, 4) is 0 Å². The summed E-state index contributed by atoms with van der Waals surface area (Å²) in [6, 6.07) is 0.943. The molecule has 1 N–H and O–H groups in total. The summed E-state index contributed by atoms with van der Waals surface area (Å²) >= 11 is 0. The number of hydrogen-bond acceptors (Lipinski definition) is 3. The minimum atomic E-state index is -4.49. The van der Waals surface area contributed by atoms with Crippen molar-refractivity contribution in [3.05, 3.63) is 18.0 Å². The summed E-state index contributed by atoms with van der Waals surface area (Å²) in [5.41, 5.74) is -1.27. The lowest BCUT2D eigenvalue weighted by Crippen LogP contribution is -2.55. The Kier molecular flexibility index (Phi) is 5.36. The quantitative estimate of drug-likeness (QED) is 0.605. The van der Waals surface area contributed by atoms with E-state index in [2.05, 4.69) is 18.9 Å². The number of carbonyl (C=O) groups excluding carboxylic acids is 1. The van der Waals surface area contributed by atoms with E-state index >= 15 is 0 Å². The van der Waals surface area contributed by atoms with Crippen molar-refractivity contribution in [2.45, 2.75) is 96.9 Å². The second-order valence-corrected chi connectivity index (χ2v) is 12.4. The normalized spacial score (nSPS) is 45.2. The van der Waals surface area contributed by atoms with Crippen LogP contribution in [0.25, 0.3) is 0 Å². The van der Waals surface area contributed by atoms with Crippen LogP contribution in [0.4, 0.5) is 13.2 Å². The smallest absolute Gasteiger partial charge is 0.390 e. The molecule has 0 saturated heterocycles. The zero-order valence-electron chi connectivity index (χ0n) is 20.0. The Labute approximate surface area is 194 Å². The predicted octanol–water partition coefficient (Wildman–Crippen LogP) is 5.88. The highest BCUT2D eigenvalue weighted by molar-refractivity contribution is 5.82. The van der Waals surface area contributed by atoms with E-state index in [4.69, 9.17) is 0 Å². The highest BCUT2D eigenvalue weighted by Crippen LogP contribution is 2.68. The molecule has 5 rings (SSSR count). The van der Waals surface area contributed by atoms with Crippen LogP contribution >= 0.6 is 0 Å². The lowest BCUT2D eigenvalue weighted by atomic mass is 9.44. The van der Waals surface area contributed by atoms with Gasteiger partial charge < -0.3 is 5.11 Å². The molecule has 0 bridgehead atoms. The number of carbonyl (C=O) groups is 1. The molecule has 0 aromatic carbocycles. The molecular formula is C26H37F3N2O2. The predicted molar refractivity (Wildman–Crippen MR) is 118 cm³/mol. The summed E-state index contributed by atoms with van der Waals surface area (Å²) in [5.74, 6) is 2.29. The van der Waals surface area contributed by atoms with Crippen LogP contribution in [0.2, 0.25) is 0 Å². The van der Waals surface area contributed by atoms with Crippen LogP contribution in [-0.2, 0) is 17.5 Å². The van der Waals surface area contributed by atoms with Gasteiger partial charge in [0.05, 0.1) is 12.1 Å². The van der Waals surface area contributed by atoms with Gasteiger partial charge in [-0.3, -0.25) is 9.48 Å². The first-order valence-corrected chi connectivity index (χ1v) is 12.7. The molecule has 7 heteroatoms. The van der Waals surface area contributed by atoms with E-state index in [0.717, 1.165) is 62.1 Å². The van der Waals surface area contributed by atoms with Crippen LogP contribution in [0.5, 0.6) is 0 Å². The number of rotatable bonds is 3. The number of Topliss-reactive ketones (excluding diaryl/α,β-unsaturated/α-hetero) is 1. The zero-order chi connectivity index (χ0) is 23.8. The number of hydrogen-bond donors (Lipinski definition) is 1. The van der Waals surface area contributed by atoms with Gasteiger partial charge in [-0.25, -0.2) is 0 Å². The lowest BCUT2D eigenvalue weighted by Gasteiger charge is -2.61. The van der Waals surface area contributed by atoms with Gasteiger partial charge in [-0.1, -0.05) is 13.8 Å². The Morgan fingerprint density at radius 3 is 2.48 bits per heavy atom. The molecule has 0 spiro atoms. The van der Waals surface area contributed by atoms with Crippen molar-refractivity contribution in [1.82, 2.24) is 9.78 Å². The number of aromatic nitrogens is 2. The molecule has 1 heterocycles. The Morgan fingerprint density at radius 1 is 1.06 bits per heavy atom. The number of halogens is 3. The first-order chi connectivity index (χ1) is 15.3. The van der Waals surface area contributed by atoms with Crippen LogP contribution in [0.3, 0.4) is 0 Å². The first-order valence-electron chi connectivity index (χ1n) is 12.7. The van der Waals surface area contributed by atoms with Gasteiger partial charge in [0.1, 0.15) is 0 Å². The van der Waals surface area contributed by atoms with Gasteiger partial charge in [0, 0.05) is 12.1 Å². The van der Waals surface area contributed by atoms with E-state index in [1.807, 2.05) is 6.92 Å². The maximum Gasteiger partial charge on any atom is 0.435 e. The molecule has 4 nitrogen and oxygen atoms in total. The van der Waals surface area contributed by atoms with Crippen molar-refractivity contribution < 1.29 is 23.1 Å². The van der Waals surface area contributed by atoms with Gasteiger partial charge in [-0.15, -0.1) is 0 Å². The summed E-state index contributed by atoms with van der Waals surface area (Å²) in [6.45, 7) is 6.64. The molecule has 1 aromatic rings. The summed E-state index contributed by atoms with van der Waals surface area (Å²) in [5, 5.41) is 14.3. The summed E-state index contributed by atoms with van der Waals surface area (Å²) in [4.78, 5) is 13.3. The molecule has 0 radical (unpaired) electrons. The third-order valence-electron chi connectivity index (χ3n) is 10.6. The molecule has 8 atom stereocenters. The molecule has 1 unspecified atom stereocenters. The Bertz CT molecular complexity index is 925. The SMILES string of the molecule is CC12CC[C@@](C)(O)C[C@H]1CC[C@@H]1[C@@H]2CC[C@]2(C)[C@H](C(=O)Cn3ccc(C(F)(F)F)n3)CC[C@@H]12. The number of ketones is 1. The standard InChI is InChI=1S/C26H37F3N2O2/c1-23(33)11-12-24(2)16(14-23)4-5-17-18-6-7-20(25(18,3)10-8-19(17)24)21(32)15-31-13-9-22(30-31)26(27,28)29/h9,13,16-20,33H,4-8,10-12,14-15H2,1-3H3/t16-,17+,18+,19+,20+,23-,24?,25+/m1/s1. The number of alkyl halides is 3. The number of fused-ring (bicyclic) bond motifs is 5. The minimum absolute atomic E-state index is 0.0314. The highest BCUT2D eigenvalue weighted by atomic mass is 19.4. The van der Waals surface area contributed by atoms with Crippen molar-refractivity contribution in [2.75, 3.05) is 0 Å². The van der Waals surface area contributed by atoms with Gasteiger partial charge in [0.25, 0.3) is 0 Å². The fourth-order valence-corrected chi connectivity index (χ4v) is 8.83. The van der Waals surface area contributed by atoms with Crippen molar-refractivity contribution in [3.63, 3.8) is 0 Å². The molecule has 33 heavy (non-hydrogen) atoms. The van der Waals surface area contributed by atoms with Crippen molar-refractivity contribution in [1.29, 1.82) is 0 Å². The van der Waals surface area contributed by atoms with Crippen molar-refractivity contribution in [2.24, 2.45) is 40.4 Å². The van der Waals surface area contributed by atoms with Crippen molar-refractivity contribution >= 4 is 5.78 Å². The third kappa shape index (κ3) is 3.77. The third-order valence-corrected chi connectivity index (χ3v) is 10.6. The molecule has 0 amide bonds. The largest absolute Gasteiger partial charge is 0.435 e. The van der Waals surface area contributed by atoms with Gasteiger partial charge in [-0.2, -0.15) is 18.3 Å². The van der Waals surface area contributed by atoms with Crippen LogP contribution in [0.1, 0.15) is 84.3 Å². The van der Waals surface area contributed by atoms with Crippen LogP contribution < -0.4 is 0 Å². The van der Waals surface area contributed by atoms with E-state index < -0.39 is 17.5 Å². The van der Waals surface area contributed by atoms with Gasteiger partial charge >= 0.3 is 6.18 Å². The maximum atomic E-state index is 13.3. The highest BCUT2D eigenvalue weighted by Gasteiger charge is 2.61. The van der Waals surface area contributed by atoms with Crippen LogP contribution in [-0.4, -0.2) is 26.3 Å². The molecule has 4 aliphatic rings. The van der Waals surface area contributed by atoms with Gasteiger partial charge in [0.15, 0.2) is 11.5 Å². The maximum absolute atomic E-state index is 13.3. The number of nitrogens with zero attached hydrogens (tertiary/aromatic N) is 2. The molecule has 184 valence electrons. The van der Waals surface area contributed by atoms with Gasteiger partial charge in [0.2, 0.25) is 0 Å². The second kappa shape index (κ2) is 7.56. The van der Waals surface area contributed by atoms with E-state index in [0.29, 0.717) is 23.7 Å². The Hall–Kier alpha value is -1.37. The van der Waals surface area contributed by atoms with Crippen LogP contribution in [0.15, 0.2) is 12.3 Å². The lowest BCUT2D eigenvalue weighted by molar-refractivity contribution is -0.151. The second-order valence-electron chi connectivity index (χ2n) is 12.4. The first kappa shape index (κ1) is 23.4. The van der Waals surface area contributed by atoms with Crippen LogP contribution in [0, 0.1) is 40.4 Å². The summed E-state index contributed by atoms with van der Waals surface area (Å²) in [6.07, 6.45) is 5.99. The number of aliphatic hydroxyl groups is 1. The van der Waals surface area contributed by atoms with E-state index in [-0.39, 0.29) is 29.1 Å². The minimum Gasteiger partial charge on any atom is -0.390 e. The monoisotopic (exact) mass is 466 g/mol. The average molecular weight is 467 g/mol. The average Bonchev–Trinajstić information content (AvgIpc) is 3.32. The molecule has 0 aliphatic heterocycles. The molecule has 4 fully saturated rings. The van der Waals surface area contributed by atoms with E-state index in [9.17, 15) is 23.1 Å². The summed E-state index contributed by atoms with van der Waals surface area (Å²) < 4.78 is 39.9. The topological polar surface area (TPSA) is 55.1 Å². The molecule has 1 aromatic heterocycles. The van der Waals surface area contributed by atoms with E-state index in [1.54, 1.807) is 0 Å². The molecule has 4 aliphatic carbocycles. The molecule has 4 saturated carbocycles. The fraction of sp³-hybridized carbons (Fsp3) is 0.846. The van der Waals surface area contributed by atoms with Gasteiger partial charge in [-0.05, 0) is 105 Å².